The van der Waals surface area contributed by atoms with Crippen molar-refractivity contribution in [2.75, 3.05) is 13.1 Å². The van der Waals surface area contributed by atoms with Crippen molar-refractivity contribution in [1.29, 1.82) is 0 Å². The first-order valence-corrected chi connectivity index (χ1v) is 12.6. The summed E-state index contributed by atoms with van der Waals surface area (Å²) in [5, 5.41) is 0. The van der Waals surface area contributed by atoms with Gasteiger partial charge in [-0.3, -0.25) is 4.79 Å². The molecule has 0 bridgehead atoms. The molecule has 1 aliphatic heterocycles. The highest BCUT2D eigenvalue weighted by molar-refractivity contribution is 7.90. The molecule has 1 N–H and O–H groups in total. The van der Waals surface area contributed by atoms with E-state index in [1.54, 1.807) is 12.1 Å². The number of likely N-dealkylation sites (tertiary alicyclic amines) is 1. The average Bonchev–Trinajstić information content (AvgIpc) is 3.06. The third kappa shape index (κ3) is 4.45. The molecule has 2 aliphatic rings. The summed E-state index contributed by atoms with van der Waals surface area (Å²) in [6, 6.07) is 14.7. The van der Waals surface area contributed by atoms with Crippen LogP contribution in [0.4, 0.5) is 4.39 Å². The molecule has 1 heterocycles. The molecule has 0 saturated carbocycles. The monoisotopic (exact) mass is 456 g/mol. The van der Waals surface area contributed by atoms with Crippen LogP contribution in [0, 0.1) is 11.2 Å². The summed E-state index contributed by atoms with van der Waals surface area (Å²) in [5.41, 5.74) is 3.35. The van der Waals surface area contributed by atoms with E-state index in [1.807, 2.05) is 32.6 Å². The summed E-state index contributed by atoms with van der Waals surface area (Å²) in [7, 11) is 0. The van der Waals surface area contributed by atoms with Crippen LogP contribution in [-0.4, -0.2) is 33.2 Å². The fourth-order valence-corrected chi connectivity index (χ4v) is 6.01. The largest absolute Gasteiger partial charge is 0.598 e. The number of rotatable bonds is 4. The first kappa shape index (κ1) is 23.3. The minimum atomic E-state index is -1.18. The van der Waals surface area contributed by atoms with Crippen LogP contribution in [0.3, 0.4) is 0 Å². The molecule has 4 nitrogen and oxygen atoms in total. The summed E-state index contributed by atoms with van der Waals surface area (Å²) in [6.45, 7) is 9.21. The number of nitrogens with zero attached hydrogens (tertiary/aromatic N) is 1. The van der Waals surface area contributed by atoms with Crippen molar-refractivity contribution in [3.63, 3.8) is 0 Å². The molecule has 2 aromatic carbocycles. The summed E-state index contributed by atoms with van der Waals surface area (Å²) in [4.78, 5) is 15.1. The first-order valence-electron chi connectivity index (χ1n) is 11.4. The number of benzene rings is 2. The summed E-state index contributed by atoms with van der Waals surface area (Å²) < 4.78 is 29.4. The van der Waals surface area contributed by atoms with E-state index in [0.717, 1.165) is 24.8 Å². The Balaban J connectivity index is 1.50. The van der Waals surface area contributed by atoms with Gasteiger partial charge in [-0.15, -0.1) is 4.72 Å². The Hall–Kier alpha value is -1.89. The molecule has 1 fully saturated rings. The number of carbonyl (C=O) groups excluding carboxylic acids is 1. The van der Waals surface area contributed by atoms with E-state index in [-0.39, 0.29) is 33.8 Å². The lowest BCUT2D eigenvalue weighted by Gasteiger charge is -2.44. The van der Waals surface area contributed by atoms with E-state index in [2.05, 4.69) is 29.0 Å². The average molecular weight is 457 g/mol. The molecule has 2 aromatic rings. The molecule has 6 heteroatoms. The molecule has 1 aliphatic carbocycles. The molecule has 0 aromatic heterocycles. The highest BCUT2D eigenvalue weighted by Gasteiger charge is 2.50. The molecule has 32 heavy (non-hydrogen) atoms. The van der Waals surface area contributed by atoms with Gasteiger partial charge in [-0.1, -0.05) is 36.4 Å². The Morgan fingerprint density at radius 3 is 2.41 bits per heavy atom. The zero-order chi connectivity index (χ0) is 23.1. The molecular formula is C26H33FN2O2S. The van der Waals surface area contributed by atoms with Gasteiger partial charge >= 0.3 is 0 Å². The predicted octanol–water partition coefficient (Wildman–Crippen LogP) is 4.89. The number of halogens is 1. The lowest BCUT2D eigenvalue weighted by molar-refractivity contribution is -0.135. The van der Waals surface area contributed by atoms with Crippen molar-refractivity contribution in [2.24, 2.45) is 5.41 Å². The van der Waals surface area contributed by atoms with Crippen molar-refractivity contribution in [3.05, 3.63) is 71.0 Å². The van der Waals surface area contributed by atoms with Crippen molar-refractivity contribution < 1.29 is 13.7 Å². The Labute approximate surface area is 193 Å². The number of fused-ring (bicyclic) bond motifs is 1. The maximum atomic E-state index is 13.3. The van der Waals surface area contributed by atoms with Crippen molar-refractivity contribution in [3.8, 4) is 0 Å². The number of piperidine rings is 1. The lowest BCUT2D eigenvalue weighted by Crippen LogP contribution is -2.51. The molecule has 1 unspecified atom stereocenters. The van der Waals surface area contributed by atoms with Crippen molar-refractivity contribution >= 4 is 17.3 Å². The van der Waals surface area contributed by atoms with Crippen LogP contribution in [0.1, 0.15) is 69.2 Å². The Morgan fingerprint density at radius 2 is 1.78 bits per heavy atom. The van der Waals surface area contributed by atoms with Gasteiger partial charge in [0.25, 0.3) is 0 Å². The number of hydrogen-bond donors (Lipinski definition) is 1. The van der Waals surface area contributed by atoms with Gasteiger partial charge in [-0.25, -0.2) is 4.39 Å². The van der Waals surface area contributed by atoms with E-state index in [9.17, 15) is 13.7 Å². The summed E-state index contributed by atoms with van der Waals surface area (Å²) in [6.07, 6.45) is 2.67. The molecule has 4 rings (SSSR count). The van der Waals surface area contributed by atoms with Crippen LogP contribution in [-0.2, 0) is 22.6 Å². The summed E-state index contributed by atoms with van der Waals surface area (Å²) in [5.74, 6) is -0.502. The number of hydrogen-bond acceptors (Lipinski definition) is 3. The molecule has 1 saturated heterocycles. The van der Waals surface area contributed by atoms with Gasteiger partial charge in [-0.2, -0.15) is 0 Å². The minimum absolute atomic E-state index is 0.0190. The fourth-order valence-electron chi connectivity index (χ4n) is 5.07. The number of carbonyl (C=O) groups is 1. The zero-order valence-corrected chi connectivity index (χ0v) is 20.2. The third-order valence-electron chi connectivity index (χ3n) is 7.11. The van der Waals surface area contributed by atoms with E-state index >= 15 is 0 Å². The van der Waals surface area contributed by atoms with Crippen LogP contribution in [0.25, 0.3) is 0 Å². The van der Waals surface area contributed by atoms with Crippen LogP contribution < -0.4 is 4.72 Å². The third-order valence-corrected chi connectivity index (χ3v) is 8.68. The molecule has 172 valence electrons. The van der Waals surface area contributed by atoms with Crippen molar-refractivity contribution in [1.82, 2.24) is 9.62 Å². The maximum Gasteiger partial charge on any atom is 0.229 e. The molecular weight excluding hydrogens is 423 g/mol. The van der Waals surface area contributed by atoms with Crippen LogP contribution in [0.2, 0.25) is 0 Å². The van der Waals surface area contributed by atoms with Crippen LogP contribution in [0.15, 0.2) is 48.5 Å². The lowest BCUT2D eigenvalue weighted by atomic mass is 9.73. The Bertz CT molecular complexity index is 965. The fraction of sp³-hybridized carbons (Fsp3) is 0.500. The second-order valence-corrected chi connectivity index (χ2v) is 12.3. The number of nitrogens with one attached hydrogen (secondary N) is 1. The van der Waals surface area contributed by atoms with Gasteiger partial charge in [-0.05, 0) is 75.8 Å². The molecule has 1 amide bonds. The van der Waals surface area contributed by atoms with Gasteiger partial charge in [0.1, 0.15) is 10.6 Å². The van der Waals surface area contributed by atoms with E-state index < -0.39 is 11.4 Å². The molecule has 0 radical (unpaired) electrons. The van der Waals surface area contributed by atoms with Gasteiger partial charge in [0, 0.05) is 29.9 Å². The Morgan fingerprint density at radius 1 is 1.16 bits per heavy atom. The quantitative estimate of drug-likeness (QED) is 0.667. The van der Waals surface area contributed by atoms with Crippen LogP contribution in [0.5, 0.6) is 0 Å². The van der Waals surface area contributed by atoms with E-state index in [4.69, 9.17) is 0 Å². The normalized spacial score (nSPS) is 21.9. The van der Waals surface area contributed by atoms with Gasteiger partial charge in [0.2, 0.25) is 5.91 Å². The van der Waals surface area contributed by atoms with E-state index in [0.29, 0.717) is 13.1 Å². The number of amides is 1. The molecule has 3 atom stereocenters. The first-order chi connectivity index (χ1) is 15.1. The minimum Gasteiger partial charge on any atom is -0.598 e. The highest BCUT2D eigenvalue weighted by atomic mass is 32.2. The van der Waals surface area contributed by atoms with Gasteiger partial charge in [0.05, 0.1) is 12.0 Å². The predicted molar refractivity (Wildman–Crippen MR) is 127 cm³/mol. The maximum absolute atomic E-state index is 13.3. The molecule has 1 spiro atoms. The zero-order valence-electron chi connectivity index (χ0n) is 19.4. The standard InChI is InChI=1S/C26H33FN2O2S/c1-18(19-9-11-21(27)12-10-19)24(30)29-15-13-26(14-16-29)17-20-7-5-6-8-22(20)23(26)28-32(31)25(2,3)4/h5-12,18,23,28H,13-17H2,1-4H3/t18-,23-,32?/m1/s1. The van der Waals surface area contributed by atoms with Crippen LogP contribution >= 0.6 is 0 Å². The highest BCUT2D eigenvalue weighted by Crippen LogP contribution is 2.52. The SMILES string of the molecule is C[C@@H](C(=O)N1CCC2(CC1)Cc1ccccc1[C@H]2N[S+]([O-])C(C)(C)C)c1ccc(F)cc1. The second-order valence-electron chi connectivity index (χ2n) is 10.3. The Kier molecular flexibility index (Phi) is 6.40. The summed E-state index contributed by atoms with van der Waals surface area (Å²) >= 11 is -1.18. The van der Waals surface area contributed by atoms with Gasteiger partial charge < -0.3 is 9.45 Å². The van der Waals surface area contributed by atoms with Crippen molar-refractivity contribution in [2.45, 2.75) is 63.7 Å². The topological polar surface area (TPSA) is 55.4 Å². The van der Waals surface area contributed by atoms with Gasteiger partial charge in [0.15, 0.2) is 0 Å². The second kappa shape index (κ2) is 8.81. The van der Waals surface area contributed by atoms with E-state index in [1.165, 1.54) is 23.3 Å². The smallest absolute Gasteiger partial charge is 0.229 e.